The fourth-order valence-electron chi connectivity index (χ4n) is 3.06. The highest BCUT2D eigenvalue weighted by Crippen LogP contribution is 2.25. The second kappa shape index (κ2) is 4.67. The second-order valence-electron chi connectivity index (χ2n) is 5.44. The molecule has 1 heterocycles. The third kappa shape index (κ3) is 1.95. The standard InChI is InChI=1S/C17H17N3/c1-3-12-7-8-16(9-13(12)4-1)18-10-14-5-2-6-15-11-19-20-17(14)15/h2,5-9,11,18H,1,3-4,10H2,(H,19,20). The highest BCUT2D eigenvalue weighted by Gasteiger charge is 2.10. The molecule has 3 aromatic rings. The van der Waals surface area contributed by atoms with Crippen molar-refractivity contribution < 1.29 is 0 Å². The van der Waals surface area contributed by atoms with Crippen molar-refractivity contribution >= 4 is 16.6 Å². The molecule has 0 unspecified atom stereocenters. The molecule has 2 N–H and O–H groups in total. The summed E-state index contributed by atoms with van der Waals surface area (Å²) in [6.45, 7) is 0.818. The molecular formula is C17H17N3. The van der Waals surface area contributed by atoms with Crippen LogP contribution >= 0.6 is 0 Å². The maximum Gasteiger partial charge on any atom is 0.0700 e. The summed E-state index contributed by atoms with van der Waals surface area (Å²) in [5.41, 5.74) is 6.62. The first-order valence-corrected chi connectivity index (χ1v) is 7.17. The Morgan fingerprint density at radius 2 is 2.05 bits per heavy atom. The van der Waals surface area contributed by atoms with E-state index in [1.54, 1.807) is 0 Å². The zero-order chi connectivity index (χ0) is 13.4. The highest BCUT2D eigenvalue weighted by atomic mass is 15.1. The van der Waals surface area contributed by atoms with Crippen LogP contribution in [0.4, 0.5) is 5.69 Å². The number of nitrogens with zero attached hydrogens (tertiary/aromatic N) is 1. The first-order chi connectivity index (χ1) is 9.90. The Morgan fingerprint density at radius 1 is 1.10 bits per heavy atom. The van der Waals surface area contributed by atoms with Crippen LogP contribution in [0.3, 0.4) is 0 Å². The largest absolute Gasteiger partial charge is 0.381 e. The Hall–Kier alpha value is -2.29. The zero-order valence-electron chi connectivity index (χ0n) is 11.3. The highest BCUT2D eigenvalue weighted by molar-refractivity contribution is 5.81. The minimum atomic E-state index is 0.818. The van der Waals surface area contributed by atoms with Crippen LogP contribution in [-0.2, 0) is 19.4 Å². The molecule has 0 fully saturated rings. The lowest BCUT2D eigenvalue weighted by molar-refractivity contribution is 0.912. The van der Waals surface area contributed by atoms with Crippen molar-refractivity contribution in [3.8, 4) is 0 Å². The number of fused-ring (bicyclic) bond motifs is 2. The van der Waals surface area contributed by atoms with Crippen molar-refractivity contribution in [2.45, 2.75) is 25.8 Å². The fourth-order valence-corrected chi connectivity index (χ4v) is 3.06. The summed E-state index contributed by atoms with van der Waals surface area (Å²) < 4.78 is 0. The molecule has 4 rings (SSSR count). The van der Waals surface area contributed by atoms with E-state index in [4.69, 9.17) is 0 Å². The van der Waals surface area contributed by atoms with Gasteiger partial charge in [0.05, 0.1) is 11.7 Å². The number of hydrogen-bond acceptors (Lipinski definition) is 2. The summed E-state index contributed by atoms with van der Waals surface area (Å²) in [5.74, 6) is 0. The third-order valence-electron chi connectivity index (χ3n) is 4.14. The summed E-state index contributed by atoms with van der Waals surface area (Å²) in [7, 11) is 0. The monoisotopic (exact) mass is 263 g/mol. The quantitative estimate of drug-likeness (QED) is 0.757. The lowest BCUT2D eigenvalue weighted by atomic mass is 10.1. The van der Waals surface area contributed by atoms with Crippen molar-refractivity contribution in [3.63, 3.8) is 0 Å². The van der Waals surface area contributed by atoms with Crippen molar-refractivity contribution in [1.82, 2.24) is 10.2 Å². The van der Waals surface area contributed by atoms with E-state index in [1.807, 2.05) is 6.20 Å². The number of para-hydroxylation sites is 1. The summed E-state index contributed by atoms with van der Waals surface area (Å²) in [6.07, 6.45) is 5.63. The first-order valence-electron chi connectivity index (χ1n) is 7.17. The minimum absolute atomic E-state index is 0.818. The van der Waals surface area contributed by atoms with Gasteiger partial charge in [0.25, 0.3) is 0 Å². The molecule has 3 heteroatoms. The van der Waals surface area contributed by atoms with Crippen molar-refractivity contribution in [2.24, 2.45) is 0 Å². The molecule has 100 valence electrons. The molecule has 1 aliphatic rings. The second-order valence-corrected chi connectivity index (χ2v) is 5.44. The van der Waals surface area contributed by atoms with Gasteiger partial charge in [-0.2, -0.15) is 5.10 Å². The van der Waals surface area contributed by atoms with E-state index in [1.165, 1.54) is 47.0 Å². The minimum Gasteiger partial charge on any atom is -0.381 e. The van der Waals surface area contributed by atoms with E-state index >= 15 is 0 Å². The van der Waals surface area contributed by atoms with Gasteiger partial charge in [-0.1, -0.05) is 24.3 Å². The normalized spacial score (nSPS) is 13.6. The van der Waals surface area contributed by atoms with E-state index < -0.39 is 0 Å². The molecular weight excluding hydrogens is 246 g/mol. The van der Waals surface area contributed by atoms with Gasteiger partial charge in [0, 0.05) is 17.6 Å². The Balaban J connectivity index is 1.57. The molecule has 3 nitrogen and oxygen atoms in total. The summed E-state index contributed by atoms with van der Waals surface area (Å²) in [4.78, 5) is 0. The maximum absolute atomic E-state index is 4.11. The average Bonchev–Trinajstić information content (AvgIpc) is 3.13. The average molecular weight is 263 g/mol. The van der Waals surface area contributed by atoms with Crippen molar-refractivity contribution in [2.75, 3.05) is 5.32 Å². The number of hydrogen-bond donors (Lipinski definition) is 2. The Bertz CT molecular complexity index is 758. The predicted molar refractivity (Wildman–Crippen MR) is 81.9 cm³/mol. The lowest BCUT2D eigenvalue weighted by Gasteiger charge is -2.09. The number of anilines is 1. The first kappa shape index (κ1) is 11.5. The Labute approximate surface area is 118 Å². The van der Waals surface area contributed by atoms with E-state index in [0.29, 0.717) is 0 Å². The van der Waals surface area contributed by atoms with Crippen molar-refractivity contribution in [1.29, 1.82) is 0 Å². The topological polar surface area (TPSA) is 40.7 Å². The van der Waals surface area contributed by atoms with Gasteiger partial charge in [-0.15, -0.1) is 0 Å². The van der Waals surface area contributed by atoms with Crippen LogP contribution in [0.2, 0.25) is 0 Å². The van der Waals surface area contributed by atoms with Crippen LogP contribution in [-0.4, -0.2) is 10.2 Å². The molecule has 0 atom stereocenters. The molecule has 0 saturated heterocycles. The summed E-state index contributed by atoms with van der Waals surface area (Å²) >= 11 is 0. The number of H-pyrrole nitrogens is 1. The molecule has 2 aromatic carbocycles. The number of aromatic amines is 1. The molecule has 0 bridgehead atoms. The number of aromatic nitrogens is 2. The molecule has 0 radical (unpaired) electrons. The smallest absolute Gasteiger partial charge is 0.0700 e. The molecule has 0 amide bonds. The Kier molecular flexibility index (Phi) is 2.69. The molecule has 1 aromatic heterocycles. The van der Waals surface area contributed by atoms with E-state index in [0.717, 1.165) is 12.1 Å². The fraction of sp³-hybridized carbons (Fsp3) is 0.235. The van der Waals surface area contributed by atoms with Crippen LogP contribution < -0.4 is 5.32 Å². The molecule has 0 spiro atoms. The SMILES string of the molecule is c1cc(CNc2ccc3c(c2)CCC3)c2[nH]ncc2c1. The predicted octanol–water partition coefficient (Wildman–Crippen LogP) is 3.66. The lowest BCUT2D eigenvalue weighted by Crippen LogP contribution is -2.00. The van der Waals surface area contributed by atoms with Crippen LogP contribution in [0.15, 0.2) is 42.6 Å². The van der Waals surface area contributed by atoms with Gasteiger partial charge >= 0.3 is 0 Å². The van der Waals surface area contributed by atoms with Gasteiger partial charge in [-0.3, -0.25) is 5.10 Å². The van der Waals surface area contributed by atoms with E-state index in [2.05, 4.69) is 51.9 Å². The van der Waals surface area contributed by atoms with Crippen LogP contribution in [0.25, 0.3) is 10.9 Å². The molecule has 0 saturated carbocycles. The summed E-state index contributed by atoms with van der Waals surface area (Å²) in [6, 6.07) is 13.1. The van der Waals surface area contributed by atoms with Crippen LogP contribution in [0, 0.1) is 0 Å². The maximum atomic E-state index is 4.11. The van der Waals surface area contributed by atoms with Gasteiger partial charge in [-0.25, -0.2) is 0 Å². The number of aryl methyl sites for hydroxylation is 2. The molecule has 1 aliphatic carbocycles. The van der Waals surface area contributed by atoms with Gasteiger partial charge in [0.2, 0.25) is 0 Å². The zero-order valence-corrected chi connectivity index (χ0v) is 11.3. The van der Waals surface area contributed by atoms with Gasteiger partial charge in [-0.05, 0) is 48.1 Å². The van der Waals surface area contributed by atoms with Crippen LogP contribution in [0.5, 0.6) is 0 Å². The van der Waals surface area contributed by atoms with Crippen molar-refractivity contribution in [3.05, 3.63) is 59.3 Å². The number of rotatable bonds is 3. The Morgan fingerprint density at radius 3 is 3.05 bits per heavy atom. The number of benzene rings is 2. The summed E-state index contributed by atoms with van der Waals surface area (Å²) in [5, 5.41) is 11.9. The van der Waals surface area contributed by atoms with Crippen LogP contribution in [0.1, 0.15) is 23.1 Å². The van der Waals surface area contributed by atoms with Gasteiger partial charge in [0.15, 0.2) is 0 Å². The van der Waals surface area contributed by atoms with E-state index in [-0.39, 0.29) is 0 Å². The third-order valence-corrected chi connectivity index (χ3v) is 4.14. The molecule has 0 aliphatic heterocycles. The van der Waals surface area contributed by atoms with Gasteiger partial charge < -0.3 is 5.32 Å². The molecule has 20 heavy (non-hydrogen) atoms. The van der Waals surface area contributed by atoms with Gasteiger partial charge in [0.1, 0.15) is 0 Å². The van der Waals surface area contributed by atoms with E-state index in [9.17, 15) is 0 Å². The number of nitrogens with one attached hydrogen (secondary N) is 2.